The van der Waals surface area contributed by atoms with E-state index in [1.54, 1.807) is 30.4 Å². The zero-order valence-corrected chi connectivity index (χ0v) is 17.0. The molecule has 0 atom stereocenters. The van der Waals surface area contributed by atoms with Crippen molar-refractivity contribution in [1.82, 2.24) is 0 Å². The van der Waals surface area contributed by atoms with Crippen molar-refractivity contribution >= 4 is 51.7 Å². The average Bonchev–Trinajstić information content (AvgIpc) is 2.99. The first-order chi connectivity index (χ1) is 14.0. The second-order valence-corrected chi connectivity index (χ2v) is 7.44. The van der Waals surface area contributed by atoms with Crippen molar-refractivity contribution in [2.75, 3.05) is 18.6 Å². The highest BCUT2D eigenvalue weighted by molar-refractivity contribution is 8.27. The second-order valence-electron chi connectivity index (χ2n) is 5.77. The Morgan fingerprint density at radius 1 is 1.28 bits per heavy atom. The molecule has 0 aromatic heterocycles. The van der Waals surface area contributed by atoms with Gasteiger partial charge in [-0.05, 0) is 24.3 Å². The maximum atomic E-state index is 12.9. The summed E-state index contributed by atoms with van der Waals surface area (Å²) in [7, 11) is 1.54. The third-order valence-electron chi connectivity index (χ3n) is 3.97. The van der Waals surface area contributed by atoms with Gasteiger partial charge in [0.25, 0.3) is 11.6 Å². The molecular formula is C20H16N2O5S2. The summed E-state index contributed by atoms with van der Waals surface area (Å²) in [5.41, 5.74) is 1.07. The molecule has 0 spiro atoms. The number of para-hydroxylation sites is 1. The van der Waals surface area contributed by atoms with E-state index >= 15 is 0 Å². The standard InChI is InChI=1S/C20H16N2O5S2/c1-3-11-27-18-13(5-4-6-16(18)26-2)12-17-19(23)21(20(28)29-17)14-7-9-15(10-8-14)22(24)25/h3-10,12H,1,11H2,2H3/b17-12+. The van der Waals surface area contributed by atoms with E-state index in [0.29, 0.717) is 32.0 Å². The Labute approximate surface area is 176 Å². The minimum Gasteiger partial charge on any atom is -0.493 e. The highest BCUT2D eigenvalue weighted by atomic mass is 32.2. The lowest BCUT2D eigenvalue weighted by Crippen LogP contribution is -2.27. The molecule has 1 fully saturated rings. The van der Waals surface area contributed by atoms with Crippen molar-refractivity contribution in [3.05, 3.63) is 75.7 Å². The number of nitrogens with zero attached hydrogens (tertiary/aromatic N) is 2. The third kappa shape index (κ3) is 4.30. The van der Waals surface area contributed by atoms with Gasteiger partial charge < -0.3 is 9.47 Å². The Morgan fingerprint density at radius 3 is 2.62 bits per heavy atom. The Kier molecular flexibility index (Phi) is 6.30. The van der Waals surface area contributed by atoms with Crippen molar-refractivity contribution in [3.8, 4) is 11.5 Å². The number of ether oxygens (including phenoxy) is 2. The highest BCUT2D eigenvalue weighted by Crippen LogP contribution is 2.39. The molecule has 1 aliphatic heterocycles. The number of carbonyl (C=O) groups excluding carboxylic acids is 1. The summed E-state index contributed by atoms with van der Waals surface area (Å²) >= 11 is 6.50. The maximum Gasteiger partial charge on any atom is 0.270 e. The fraction of sp³-hybridized carbons (Fsp3) is 0.100. The van der Waals surface area contributed by atoms with Gasteiger partial charge in [0.05, 0.1) is 22.6 Å². The molecule has 7 nitrogen and oxygen atoms in total. The number of carbonyl (C=O) groups is 1. The molecule has 0 aliphatic carbocycles. The van der Waals surface area contributed by atoms with Crippen LogP contribution in [0.5, 0.6) is 11.5 Å². The summed E-state index contributed by atoms with van der Waals surface area (Å²) in [5.74, 6) is 0.716. The Balaban J connectivity index is 1.94. The number of amides is 1. The van der Waals surface area contributed by atoms with E-state index in [-0.39, 0.29) is 18.2 Å². The minimum atomic E-state index is -0.498. The van der Waals surface area contributed by atoms with Gasteiger partial charge in [0, 0.05) is 17.7 Å². The molecule has 0 N–H and O–H groups in total. The molecule has 9 heteroatoms. The lowest BCUT2D eigenvalue weighted by Gasteiger charge is -2.14. The maximum absolute atomic E-state index is 12.9. The predicted octanol–water partition coefficient (Wildman–Crippen LogP) is 4.57. The van der Waals surface area contributed by atoms with Crippen molar-refractivity contribution in [2.45, 2.75) is 0 Å². The summed E-state index contributed by atoms with van der Waals surface area (Å²) in [4.78, 5) is 25.0. The van der Waals surface area contributed by atoms with Crippen molar-refractivity contribution in [1.29, 1.82) is 0 Å². The van der Waals surface area contributed by atoms with Gasteiger partial charge in [-0.3, -0.25) is 19.8 Å². The molecular weight excluding hydrogens is 412 g/mol. The van der Waals surface area contributed by atoms with Gasteiger partial charge in [0.1, 0.15) is 6.61 Å². The summed E-state index contributed by atoms with van der Waals surface area (Å²) in [6.45, 7) is 3.92. The number of hydrogen-bond acceptors (Lipinski definition) is 7. The highest BCUT2D eigenvalue weighted by Gasteiger charge is 2.33. The van der Waals surface area contributed by atoms with E-state index in [4.69, 9.17) is 21.7 Å². The van der Waals surface area contributed by atoms with Crippen molar-refractivity contribution in [3.63, 3.8) is 0 Å². The molecule has 0 bridgehead atoms. The fourth-order valence-electron chi connectivity index (χ4n) is 2.66. The Bertz CT molecular complexity index is 1020. The predicted molar refractivity (Wildman–Crippen MR) is 117 cm³/mol. The summed E-state index contributed by atoms with van der Waals surface area (Å²) in [6, 6.07) is 11.0. The van der Waals surface area contributed by atoms with Gasteiger partial charge >= 0.3 is 0 Å². The van der Waals surface area contributed by atoms with Gasteiger partial charge in [-0.1, -0.05) is 48.8 Å². The first-order valence-electron chi connectivity index (χ1n) is 8.39. The van der Waals surface area contributed by atoms with Crippen LogP contribution in [0.15, 0.2) is 60.0 Å². The summed E-state index contributed by atoms with van der Waals surface area (Å²) in [6.07, 6.45) is 3.30. The van der Waals surface area contributed by atoms with Crippen LogP contribution in [-0.4, -0.2) is 28.9 Å². The van der Waals surface area contributed by atoms with E-state index in [1.165, 1.54) is 36.3 Å². The van der Waals surface area contributed by atoms with Crippen LogP contribution < -0.4 is 14.4 Å². The molecule has 0 radical (unpaired) electrons. The Morgan fingerprint density at radius 2 is 2.00 bits per heavy atom. The quantitative estimate of drug-likeness (QED) is 0.210. The van der Waals surface area contributed by atoms with Gasteiger partial charge in [0.15, 0.2) is 15.8 Å². The van der Waals surface area contributed by atoms with Crippen LogP contribution in [0.3, 0.4) is 0 Å². The zero-order chi connectivity index (χ0) is 21.0. The van der Waals surface area contributed by atoms with Crippen molar-refractivity contribution in [2.24, 2.45) is 0 Å². The number of anilines is 1. The second kappa shape index (κ2) is 8.89. The van der Waals surface area contributed by atoms with E-state index in [2.05, 4.69) is 6.58 Å². The topological polar surface area (TPSA) is 81.9 Å². The van der Waals surface area contributed by atoms with Gasteiger partial charge in [-0.25, -0.2) is 0 Å². The molecule has 1 saturated heterocycles. The first-order valence-corrected chi connectivity index (χ1v) is 9.62. The average molecular weight is 428 g/mol. The molecule has 1 amide bonds. The summed E-state index contributed by atoms with van der Waals surface area (Å²) < 4.78 is 11.4. The van der Waals surface area contributed by atoms with E-state index in [0.717, 1.165) is 11.8 Å². The number of thioether (sulfide) groups is 1. The van der Waals surface area contributed by atoms with Crippen LogP contribution >= 0.6 is 24.0 Å². The van der Waals surface area contributed by atoms with E-state index in [9.17, 15) is 14.9 Å². The number of nitro benzene ring substituents is 1. The number of rotatable bonds is 7. The molecule has 1 heterocycles. The van der Waals surface area contributed by atoms with E-state index < -0.39 is 4.92 Å². The first kappa shape index (κ1) is 20.6. The molecule has 0 saturated carbocycles. The monoisotopic (exact) mass is 428 g/mol. The van der Waals surface area contributed by atoms with Gasteiger partial charge in [-0.2, -0.15) is 0 Å². The van der Waals surface area contributed by atoms with Gasteiger partial charge in [-0.15, -0.1) is 0 Å². The Hall–Kier alpha value is -3.17. The van der Waals surface area contributed by atoms with Crippen LogP contribution in [-0.2, 0) is 4.79 Å². The molecule has 2 aromatic carbocycles. The number of non-ortho nitro benzene ring substituents is 1. The lowest BCUT2D eigenvalue weighted by molar-refractivity contribution is -0.384. The SMILES string of the molecule is C=CCOc1c(/C=C2/SC(=S)N(c3ccc([N+](=O)[O-])cc3)C2=O)cccc1OC. The summed E-state index contributed by atoms with van der Waals surface area (Å²) in [5, 5.41) is 10.8. The largest absolute Gasteiger partial charge is 0.493 e. The van der Waals surface area contributed by atoms with Gasteiger partial charge in [0.2, 0.25) is 0 Å². The van der Waals surface area contributed by atoms with Crippen LogP contribution in [0.1, 0.15) is 5.56 Å². The number of nitro groups is 1. The van der Waals surface area contributed by atoms with Crippen LogP contribution in [0.4, 0.5) is 11.4 Å². The number of hydrogen-bond donors (Lipinski definition) is 0. The normalized spacial score (nSPS) is 14.9. The molecule has 148 valence electrons. The zero-order valence-electron chi connectivity index (χ0n) is 15.4. The minimum absolute atomic E-state index is 0.0601. The lowest BCUT2D eigenvalue weighted by atomic mass is 10.1. The molecule has 3 rings (SSSR count). The smallest absolute Gasteiger partial charge is 0.270 e. The fourth-order valence-corrected chi connectivity index (χ4v) is 3.95. The van der Waals surface area contributed by atoms with Crippen LogP contribution in [0.25, 0.3) is 6.08 Å². The number of thiocarbonyl (C=S) groups is 1. The number of benzene rings is 2. The molecule has 2 aromatic rings. The van der Waals surface area contributed by atoms with Crippen molar-refractivity contribution < 1.29 is 19.2 Å². The molecule has 0 unspecified atom stereocenters. The molecule has 29 heavy (non-hydrogen) atoms. The number of methoxy groups -OCH3 is 1. The third-order valence-corrected chi connectivity index (χ3v) is 5.28. The van der Waals surface area contributed by atoms with Crippen LogP contribution in [0, 0.1) is 10.1 Å². The van der Waals surface area contributed by atoms with Crippen LogP contribution in [0.2, 0.25) is 0 Å². The van der Waals surface area contributed by atoms with E-state index in [1.807, 2.05) is 0 Å². The molecule has 1 aliphatic rings.